The Kier molecular flexibility index (Phi) is 5.18. The molecule has 0 atom stereocenters. The number of nitrogens with zero attached hydrogens (tertiary/aromatic N) is 5. The van der Waals surface area contributed by atoms with Crippen LogP contribution >= 0.6 is 0 Å². The molecule has 7 nitrogen and oxygen atoms in total. The first-order valence-corrected chi connectivity index (χ1v) is 10.4. The molecule has 4 heterocycles. The molecule has 0 spiro atoms. The number of anilines is 2. The number of fused-ring (bicyclic) bond motifs is 1. The highest BCUT2D eigenvalue weighted by Gasteiger charge is 2.25. The van der Waals surface area contributed by atoms with Gasteiger partial charge in [-0.05, 0) is 52.4 Å². The quantitative estimate of drug-likeness (QED) is 0.893. The molecule has 2 aromatic rings. The Bertz CT molecular complexity index is 817. The molecule has 1 N–H and O–H groups in total. The zero-order chi connectivity index (χ0) is 18.8. The minimum Gasteiger partial charge on any atom is -0.369 e. The van der Waals surface area contributed by atoms with E-state index in [4.69, 9.17) is 0 Å². The lowest BCUT2D eigenvalue weighted by molar-refractivity contribution is 0.200. The van der Waals surface area contributed by atoms with Gasteiger partial charge in [-0.25, -0.2) is 14.5 Å². The second-order valence-electron chi connectivity index (χ2n) is 7.65. The molecule has 2 saturated heterocycles. The fourth-order valence-electron chi connectivity index (χ4n) is 4.35. The van der Waals surface area contributed by atoms with Gasteiger partial charge in [0.15, 0.2) is 5.65 Å². The third-order valence-corrected chi connectivity index (χ3v) is 5.77. The Labute approximate surface area is 160 Å². The van der Waals surface area contributed by atoms with E-state index in [1.54, 1.807) is 0 Å². The molecule has 0 bridgehead atoms. The molecule has 2 aromatic heterocycles. The zero-order valence-corrected chi connectivity index (χ0v) is 16.5. The minimum absolute atomic E-state index is 0.00496. The molecule has 0 aliphatic carbocycles. The number of aromatic nitrogens is 3. The summed E-state index contributed by atoms with van der Waals surface area (Å²) in [5.41, 5.74) is 3.81. The van der Waals surface area contributed by atoms with Crippen molar-refractivity contribution in [1.82, 2.24) is 19.7 Å². The standard InChI is InChI=1S/C20H30N6O/c1-3-26-19-17(15(2)23-26)18(24-10-6-4-7-11-24)16(14-21-19)22-20(27)25-12-8-5-9-13-25/h14H,3-13H2,1-2H3,(H,22,27). The van der Waals surface area contributed by atoms with Crippen LogP contribution in [0.5, 0.6) is 0 Å². The van der Waals surface area contributed by atoms with E-state index in [1.807, 2.05) is 22.7 Å². The van der Waals surface area contributed by atoms with Crippen molar-refractivity contribution >= 4 is 28.4 Å². The Balaban J connectivity index is 1.74. The molecular formula is C20H30N6O. The Morgan fingerprint density at radius 3 is 2.41 bits per heavy atom. The van der Waals surface area contributed by atoms with Crippen molar-refractivity contribution in [1.29, 1.82) is 0 Å². The topological polar surface area (TPSA) is 66.3 Å². The lowest BCUT2D eigenvalue weighted by Gasteiger charge is -2.32. The van der Waals surface area contributed by atoms with Crippen molar-refractivity contribution in [3.8, 4) is 0 Å². The molecule has 0 radical (unpaired) electrons. The van der Waals surface area contributed by atoms with Crippen molar-refractivity contribution < 1.29 is 4.79 Å². The molecular weight excluding hydrogens is 340 g/mol. The zero-order valence-electron chi connectivity index (χ0n) is 16.5. The average molecular weight is 371 g/mol. The van der Waals surface area contributed by atoms with Gasteiger partial charge in [0.1, 0.15) is 0 Å². The number of amides is 2. The van der Waals surface area contributed by atoms with Crippen LogP contribution in [0.15, 0.2) is 6.20 Å². The highest BCUT2D eigenvalue weighted by molar-refractivity contribution is 6.03. The van der Waals surface area contributed by atoms with Crippen LogP contribution in [0.4, 0.5) is 16.2 Å². The van der Waals surface area contributed by atoms with Gasteiger partial charge < -0.3 is 15.1 Å². The number of carbonyl (C=O) groups is 1. The minimum atomic E-state index is -0.00496. The van der Waals surface area contributed by atoms with Crippen LogP contribution in [0.25, 0.3) is 11.0 Å². The number of hydrogen-bond donors (Lipinski definition) is 1. The molecule has 2 aliphatic heterocycles. The van der Waals surface area contributed by atoms with E-state index in [-0.39, 0.29) is 6.03 Å². The maximum absolute atomic E-state index is 12.8. The molecule has 2 amide bonds. The third kappa shape index (κ3) is 3.47. The number of nitrogens with one attached hydrogen (secondary N) is 1. The monoisotopic (exact) mass is 370 g/mol. The first kappa shape index (κ1) is 18.1. The summed E-state index contributed by atoms with van der Waals surface area (Å²) in [7, 11) is 0. The van der Waals surface area contributed by atoms with Gasteiger partial charge in [-0.15, -0.1) is 0 Å². The van der Waals surface area contributed by atoms with Gasteiger partial charge in [0.25, 0.3) is 0 Å². The molecule has 27 heavy (non-hydrogen) atoms. The summed E-state index contributed by atoms with van der Waals surface area (Å²) in [6.07, 6.45) is 8.85. The first-order chi connectivity index (χ1) is 13.2. The lowest BCUT2D eigenvalue weighted by Crippen LogP contribution is -2.39. The fourth-order valence-corrected chi connectivity index (χ4v) is 4.35. The SMILES string of the molecule is CCn1nc(C)c2c(N3CCCCC3)c(NC(=O)N3CCCCC3)cnc21. The molecule has 0 aromatic carbocycles. The highest BCUT2D eigenvalue weighted by atomic mass is 16.2. The van der Waals surface area contributed by atoms with E-state index < -0.39 is 0 Å². The van der Waals surface area contributed by atoms with Crippen LogP contribution in [0.3, 0.4) is 0 Å². The van der Waals surface area contributed by atoms with Gasteiger partial charge in [-0.2, -0.15) is 5.10 Å². The van der Waals surface area contributed by atoms with Crippen molar-refractivity contribution in [2.24, 2.45) is 0 Å². The number of hydrogen-bond acceptors (Lipinski definition) is 4. The maximum Gasteiger partial charge on any atom is 0.321 e. The Hall–Kier alpha value is -2.31. The second kappa shape index (κ2) is 7.74. The fraction of sp³-hybridized carbons (Fsp3) is 0.650. The molecule has 0 unspecified atom stereocenters. The number of rotatable bonds is 3. The van der Waals surface area contributed by atoms with Crippen molar-refractivity contribution in [3.63, 3.8) is 0 Å². The third-order valence-electron chi connectivity index (χ3n) is 5.77. The predicted octanol–water partition coefficient (Wildman–Crippen LogP) is 3.77. The van der Waals surface area contributed by atoms with Crippen LogP contribution in [-0.4, -0.2) is 51.9 Å². The van der Waals surface area contributed by atoms with E-state index in [0.717, 1.165) is 73.7 Å². The van der Waals surface area contributed by atoms with Gasteiger partial charge in [-0.1, -0.05) is 0 Å². The lowest BCUT2D eigenvalue weighted by atomic mass is 10.1. The molecule has 146 valence electrons. The van der Waals surface area contributed by atoms with Crippen LogP contribution in [0.2, 0.25) is 0 Å². The van der Waals surface area contributed by atoms with E-state index in [9.17, 15) is 4.79 Å². The number of carbonyl (C=O) groups excluding carboxylic acids is 1. The molecule has 7 heteroatoms. The number of pyridine rings is 1. The van der Waals surface area contributed by atoms with Crippen molar-refractivity contribution in [2.45, 2.75) is 58.9 Å². The number of likely N-dealkylation sites (tertiary alicyclic amines) is 1. The second-order valence-corrected chi connectivity index (χ2v) is 7.65. The van der Waals surface area contributed by atoms with E-state index in [2.05, 4.69) is 27.2 Å². The Morgan fingerprint density at radius 1 is 1.07 bits per heavy atom. The first-order valence-electron chi connectivity index (χ1n) is 10.4. The normalized spacial score (nSPS) is 18.1. The summed E-state index contributed by atoms with van der Waals surface area (Å²) < 4.78 is 1.95. The summed E-state index contributed by atoms with van der Waals surface area (Å²) in [6, 6.07) is -0.00496. The van der Waals surface area contributed by atoms with E-state index in [0.29, 0.717) is 0 Å². The van der Waals surface area contributed by atoms with Crippen LogP contribution in [0.1, 0.15) is 51.1 Å². The molecule has 2 fully saturated rings. The largest absolute Gasteiger partial charge is 0.369 e. The van der Waals surface area contributed by atoms with Gasteiger partial charge in [-0.3, -0.25) is 0 Å². The van der Waals surface area contributed by atoms with Gasteiger partial charge >= 0.3 is 6.03 Å². The maximum atomic E-state index is 12.8. The number of urea groups is 1. The van der Waals surface area contributed by atoms with Gasteiger partial charge in [0, 0.05) is 32.7 Å². The molecule has 0 saturated carbocycles. The smallest absolute Gasteiger partial charge is 0.321 e. The summed E-state index contributed by atoms with van der Waals surface area (Å²) in [5.74, 6) is 0. The predicted molar refractivity (Wildman–Crippen MR) is 108 cm³/mol. The average Bonchev–Trinajstić information content (AvgIpc) is 3.05. The summed E-state index contributed by atoms with van der Waals surface area (Å²) in [6.45, 7) is 8.63. The summed E-state index contributed by atoms with van der Waals surface area (Å²) in [5, 5.41) is 8.93. The Morgan fingerprint density at radius 2 is 1.74 bits per heavy atom. The van der Waals surface area contributed by atoms with E-state index in [1.165, 1.54) is 25.7 Å². The summed E-state index contributed by atoms with van der Waals surface area (Å²) in [4.78, 5) is 21.8. The van der Waals surface area contributed by atoms with Crippen LogP contribution < -0.4 is 10.2 Å². The molecule has 4 rings (SSSR count). The molecule has 2 aliphatic rings. The van der Waals surface area contributed by atoms with Crippen molar-refractivity contribution in [3.05, 3.63) is 11.9 Å². The van der Waals surface area contributed by atoms with Crippen LogP contribution in [-0.2, 0) is 6.54 Å². The van der Waals surface area contributed by atoms with Gasteiger partial charge in [0.05, 0.1) is 28.7 Å². The van der Waals surface area contributed by atoms with Crippen molar-refractivity contribution in [2.75, 3.05) is 36.4 Å². The van der Waals surface area contributed by atoms with Crippen LogP contribution in [0, 0.1) is 6.92 Å². The summed E-state index contributed by atoms with van der Waals surface area (Å²) >= 11 is 0. The van der Waals surface area contributed by atoms with E-state index >= 15 is 0 Å². The van der Waals surface area contributed by atoms with Gasteiger partial charge in [0.2, 0.25) is 0 Å². The number of piperidine rings is 2. The number of aryl methyl sites for hydroxylation is 2. The highest BCUT2D eigenvalue weighted by Crippen LogP contribution is 2.37.